The number of hydrogen-bond donors (Lipinski definition) is 1. The number of pyridine rings is 1. The Balaban J connectivity index is 3.10. The third-order valence-corrected chi connectivity index (χ3v) is 5.02. The van der Waals surface area contributed by atoms with Crippen molar-refractivity contribution in [1.82, 2.24) is 14.2 Å². The van der Waals surface area contributed by atoms with Gasteiger partial charge >= 0.3 is 0 Å². The number of likely N-dealkylation sites (N-methyl/N-ethyl adjacent to an activating group) is 2. The lowest BCUT2D eigenvalue weighted by atomic mass is 10.4. The Kier molecular flexibility index (Phi) is 6.38. The van der Waals surface area contributed by atoms with Crippen LogP contribution in [0.5, 0.6) is 0 Å². The van der Waals surface area contributed by atoms with E-state index >= 15 is 0 Å². The zero-order valence-corrected chi connectivity index (χ0v) is 14.6. The molecule has 0 fully saturated rings. The van der Waals surface area contributed by atoms with Crippen molar-refractivity contribution in [2.45, 2.75) is 11.8 Å². The van der Waals surface area contributed by atoms with Crippen LogP contribution in [-0.4, -0.2) is 63.4 Å². The van der Waals surface area contributed by atoms with Crippen molar-refractivity contribution < 1.29 is 8.42 Å². The second-order valence-electron chi connectivity index (χ2n) is 4.66. The molecule has 8 heteroatoms. The first-order valence-electron chi connectivity index (χ1n) is 6.29. The van der Waals surface area contributed by atoms with Gasteiger partial charge in [-0.2, -0.15) is 4.31 Å². The summed E-state index contributed by atoms with van der Waals surface area (Å²) in [6, 6.07) is 1.58. The molecule has 0 aliphatic heterocycles. The molecular formula is C12H21BrN4O2S. The molecule has 1 aromatic heterocycles. The van der Waals surface area contributed by atoms with Gasteiger partial charge in [-0.25, -0.2) is 13.4 Å². The van der Waals surface area contributed by atoms with E-state index in [1.54, 1.807) is 19.3 Å². The average molecular weight is 365 g/mol. The monoisotopic (exact) mass is 364 g/mol. The number of sulfonamides is 1. The highest BCUT2D eigenvalue weighted by molar-refractivity contribution is 9.10. The van der Waals surface area contributed by atoms with Crippen LogP contribution in [0.25, 0.3) is 0 Å². The van der Waals surface area contributed by atoms with Crippen molar-refractivity contribution >= 4 is 31.8 Å². The third kappa shape index (κ3) is 4.41. The zero-order valence-electron chi connectivity index (χ0n) is 12.2. The van der Waals surface area contributed by atoms with E-state index in [9.17, 15) is 8.42 Å². The van der Waals surface area contributed by atoms with Crippen molar-refractivity contribution in [3.05, 3.63) is 16.7 Å². The quantitative estimate of drug-likeness (QED) is 0.793. The Bertz CT molecular complexity index is 548. The highest BCUT2D eigenvalue weighted by Gasteiger charge is 2.25. The van der Waals surface area contributed by atoms with Gasteiger partial charge in [0.2, 0.25) is 10.0 Å². The van der Waals surface area contributed by atoms with Crippen LogP contribution in [0.3, 0.4) is 0 Å². The van der Waals surface area contributed by atoms with E-state index in [1.807, 2.05) is 25.9 Å². The van der Waals surface area contributed by atoms with E-state index < -0.39 is 10.0 Å². The van der Waals surface area contributed by atoms with Crippen LogP contribution >= 0.6 is 15.9 Å². The predicted octanol–water partition coefficient (Wildman–Crippen LogP) is 1.46. The maximum atomic E-state index is 12.6. The number of hydrogen-bond acceptors (Lipinski definition) is 5. The van der Waals surface area contributed by atoms with Crippen LogP contribution < -0.4 is 5.32 Å². The van der Waals surface area contributed by atoms with Crippen molar-refractivity contribution in [1.29, 1.82) is 0 Å². The molecule has 0 saturated carbocycles. The third-order valence-electron chi connectivity index (χ3n) is 2.71. The lowest BCUT2D eigenvalue weighted by Crippen LogP contribution is -2.34. The number of nitrogens with zero attached hydrogens (tertiary/aromatic N) is 3. The summed E-state index contributed by atoms with van der Waals surface area (Å²) in [7, 11) is 1.84. The van der Waals surface area contributed by atoms with E-state index in [4.69, 9.17) is 0 Å². The summed E-state index contributed by atoms with van der Waals surface area (Å²) in [6.07, 6.45) is 1.58. The summed E-state index contributed by atoms with van der Waals surface area (Å²) in [4.78, 5) is 6.27. The second-order valence-corrected chi connectivity index (χ2v) is 7.59. The summed E-state index contributed by atoms with van der Waals surface area (Å²) in [6.45, 7) is 3.59. The molecule has 114 valence electrons. The molecule has 0 aromatic carbocycles. The number of halogens is 1. The van der Waals surface area contributed by atoms with Gasteiger partial charge in [-0.15, -0.1) is 0 Å². The largest absolute Gasteiger partial charge is 0.369 e. The van der Waals surface area contributed by atoms with E-state index in [-0.39, 0.29) is 4.90 Å². The number of rotatable bonds is 7. The highest BCUT2D eigenvalue weighted by Crippen LogP contribution is 2.25. The molecule has 1 rings (SSSR count). The lowest BCUT2D eigenvalue weighted by molar-refractivity contribution is 0.358. The fourth-order valence-corrected chi connectivity index (χ4v) is 3.33. The number of aromatic nitrogens is 1. The molecule has 1 heterocycles. The molecule has 1 aromatic rings. The van der Waals surface area contributed by atoms with E-state index in [1.165, 1.54) is 4.31 Å². The molecule has 0 amide bonds. The van der Waals surface area contributed by atoms with Crippen LogP contribution in [-0.2, 0) is 10.0 Å². The topological polar surface area (TPSA) is 65.5 Å². The molecule has 6 nitrogen and oxygen atoms in total. The minimum absolute atomic E-state index is 0.190. The molecule has 1 N–H and O–H groups in total. The fraction of sp³-hybridized carbons (Fsp3) is 0.583. The number of anilines is 1. The normalized spacial score (nSPS) is 12.2. The predicted molar refractivity (Wildman–Crippen MR) is 84.5 cm³/mol. The summed E-state index contributed by atoms with van der Waals surface area (Å²) >= 11 is 3.27. The van der Waals surface area contributed by atoms with E-state index in [0.717, 1.165) is 0 Å². The summed E-state index contributed by atoms with van der Waals surface area (Å²) in [5, 5.41) is 2.98. The Morgan fingerprint density at radius 2 is 1.95 bits per heavy atom. The van der Waals surface area contributed by atoms with Gasteiger partial charge in [-0.3, -0.25) is 0 Å². The van der Waals surface area contributed by atoms with Crippen LogP contribution in [0.15, 0.2) is 21.6 Å². The van der Waals surface area contributed by atoms with Gasteiger partial charge in [-0.1, -0.05) is 0 Å². The van der Waals surface area contributed by atoms with Crippen LogP contribution in [0.4, 0.5) is 5.82 Å². The molecular weight excluding hydrogens is 344 g/mol. The minimum atomic E-state index is -3.56. The first-order valence-corrected chi connectivity index (χ1v) is 8.52. The molecule has 0 aliphatic rings. The molecule has 0 bridgehead atoms. The maximum Gasteiger partial charge on any atom is 0.246 e. The second kappa shape index (κ2) is 7.35. The van der Waals surface area contributed by atoms with Crippen molar-refractivity contribution in [2.75, 3.05) is 46.1 Å². The fourth-order valence-electron chi connectivity index (χ4n) is 1.55. The summed E-state index contributed by atoms with van der Waals surface area (Å²) in [5.74, 6) is 0.382. The Labute approximate surface area is 129 Å². The van der Waals surface area contributed by atoms with Crippen LogP contribution in [0.2, 0.25) is 0 Å². The Hall–Kier alpha value is -0.700. The minimum Gasteiger partial charge on any atom is -0.369 e. The standard InChI is InChI=1S/C12H21BrN4O2S/c1-5-14-12-11(8-10(13)9-15-12)20(18,19)17(4)7-6-16(2)3/h8-9H,5-7H2,1-4H3,(H,14,15). The van der Waals surface area contributed by atoms with Gasteiger partial charge in [0.25, 0.3) is 0 Å². The smallest absolute Gasteiger partial charge is 0.246 e. The van der Waals surface area contributed by atoms with E-state index in [0.29, 0.717) is 29.9 Å². The molecule has 0 saturated heterocycles. The first-order chi connectivity index (χ1) is 9.28. The van der Waals surface area contributed by atoms with Crippen molar-refractivity contribution in [3.8, 4) is 0 Å². The average Bonchev–Trinajstić information content (AvgIpc) is 2.38. The molecule has 0 aliphatic carbocycles. The van der Waals surface area contributed by atoms with Gasteiger partial charge in [0.05, 0.1) is 0 Å². The summed E-state index contributed by atoms with van der Waals surface area (Å²) in [5.41, 5.74) is 0. The Morgan fingerprint density at radius 3 is 2.50 bits per heavy atom. The molecule has 0 spiro atoms. The first kappa shape index (κ1) is 17.4. The maximum absolute atomic E-state index is 12.6. The zero-order chi connectivity index (χ0) is 15.3. The molecule has 0 atom stereocenters. The van der Waals surface area contributed by atoms with Gasteiger partial charge in [0.1, 0.15) is 10.7 Å². The van der Waals surface area contributed by atoms with Crippen molar-refractivity contribution in [2.24, 2.45) is 0 Å². The lowest BCUT2D eigenvalue weighted by Gasteiger charge is -2.21. The SMILES string of the molecule is CCNc1ncc(Br)cc1S(=O)(=O)N(C)CCN(C)C. The Morgan fingerprint density at radius 1 is 1.30 bits per heavy atom. The van der Waals surface area contributed by atoms with Crippen molar-refractivity contribution in [3.63, 3.8) is 0 Å². The van der Waals surface area contributed by atoms with Gasteiger partial charge < -0.3 is 10.2 Å². The number of nitrogens with one attached hydrogen (secondary N) is 1. The molecule has 20 heavy (non-hydrogen) atoms. The van der Waals surface area contributed by atoms with Crippen LogP contribution in [0, 0.1) is 0 Å². The van der Waals surface area contributed by atoms with Gasteiger partial charge in [0, 0.05) is 37.4 Å². The van der Waals surface area contributed by atoms with Gasteiger partial charge in [-0.05, 0) is 43.0 Å². The molecule has 0 radical (unpaired) electrons. The van der Waals surface area contributed by atoms with E-state index in [2.05, 4.69) is 26.2 Å². The summed E-state index contributed by atoms with van der Waals surface area (Å²) < 4.78 is 27.2. The molecule has 0 unspecified atom stereocenters. The van der Waals surface area contributed by atoms with Crippen LogP contribution in [0.1, 0.15) is 6.92 Å². The van der Waals surface area contributed by atoms with Gasteiger partial charge in [0.15, 0.2) is 0 Å². The highest BCUT2D eigenvalue weighted by atomic mass is 79.9.